The van der Waals surface area contributed by atoms with Crippen molar-refractivity contribution < 1.29 is 22.7 Å². The van der Waals surface area contributed by atoms with E-state index < -0.39 is 25.2 Å². The molecule has 0 radical (unpaired) electrons. The van der Waals surface area contributed by atoms with Crippen LogP contribution in [0.3, 0.4) is 0 Å². The molecule has 10 heteroatoms. The number of alkyl halides is 3. The zero-order valence-corrected chi connectivity index (χ0v) is 12.0. The average Bonchev–Trinajstić information content (AvgIpc) is 2.98. The smallest absolute Gasteiger partial charge is 0.392 e. The van der Waals surface area contributed by atoms with Crippen molar-refractivity contribution in [3.05, 3.63) is 30.7 Å². The Morgan fingerprint density at radius 1 is 1.36 bits per heavy atom. The predicted molar refractivity (Wildman–Crippen MR) is 71.5 cm³/mol. The van der Waals surface area contributed by atoms with Crippen molar-refractivity contribution >= 4 is 17.7 Å². The standard InChI is InChI=1S/C12H11F3N4O2S/c13-12(14,15)3-7-21-10(20)8-22-11-16-5-2-9(18-11)19-6-1-4-17-19/h1-2,4-6H,3,7-8H2. The quantitative estimate of drug-likeness (QED) is 0.459. The molecular weight excluding hydrogens is 321 g/mol. The lowest BCUT2D eigenvalue weighted by molar-refractivity contribution is -0.156. The van der Waals surface area contributed by atoms with Gasteiger partial charge in [-0.3, -0.25) is 4.79 Å². The minimum atomic E-state index is -4.34. The molecule has 0 aliphatic rings. The Balaban J connectivity index is 1.82. The Kier molecular flexibility index (Phi) is 5.36. The maximum absolute atomic E-state index is 11.9. The Labute approximate surface area is 127 Å². The van der Waals surface area contributed by atoms with Gasteiger partial charge in [-0.15, -0.1) is 0 Å². The summed E-state index contributed by atoms with van der Waals surface area (Å²) < 4.78 is 41.7. The number of carbonyl (C=O) groups excluding carboxylic acids is 1. The highest BCUT2D eigenvalue weighted by molar-refractivity contribution is 7.99. The molecule has 2 rings (SSSR count). The SMILES string of the molecule is O=C(CSc1nccc(-n2cccn2)n1)OCCC(F)(F)F. The number of carbonyl (C=O) groups is 1. The van der Waals surface area contributed by atoms with Gasteiger partial charge in [0.05, 0.1) is 18.8 Å². The van der Waals surface area contributed by atoms with Crippen molar-refractivity contribution in [1.29, 1.82) is 0 Å². The van der Waals surface area contributed by atoms with E-state index in [2.05, 4.69) is 19.8 Å². The van der Waals surface area contributed by atoms with Crippen LogP contribution in [0.5, 0.6) is 0 Å². The number of ether oxygens (including phenoxy) is 1. The van der Waals surface area contributed by atoms with E-state index in [4.69, 9.17) is 0 Å². The van der Waals surface area contributed by atoms with Crippen molar-refractivity contribution in [2.45, 2.75) is 17.8 Å². The molecular formula is C12H11F3N4O2S. The maximum Gasteiger partial charge on any atom is 0.392 e. The van der Waals surface area contributed by atoms with Gasteiger partial charge in [-0.2, -0.15) is 18.3 Å². The number of rotatable bonds is 6. The third-order valence-corrected chi connectivity index (χ3v) is 3.16. The van der Waals surface area contributed by atoms with Crippen molar-refractivity contribution in [2.75, 3.05) is 12.4 Å². The highest BCUT2D eigenvalue weighted by Gasteiger charge is 2.27. The second-order valence-electron chi connectivity index (χ2n) is 4.02. The van der Waals surface area contributed by atoms with Crippen LogP contribution in [0.15, 0.2) is 35.9 Å². The van der Waals surface area contributed by atoms with Gasteiger partial charge in [0.2, 0.25) is 0 Å². The molecule has 0 N–H and O–H groups in total. The van der Waals surface area contributed by atoms with Crippen LogP contribution in [-0.2, 0) is 9.53 Å². The first kappa shape index (κ1) is 16.3. The Morgan fingerprint density at radius 2 is 2.18 bits per heavy atom. The minimum absolute atomic E-state index is 0.166. The Hall–Kier alpha value is -2.10. The molecule has 2 heterocycles. The van der Waals surface area contributed by atoms with E-state index in [-0.39, 0.29) is 5.75 Å². The van der Waals surface area contributed by atoms with Crippen LogP contribution in [0.2, 0.25) is 0 Å². The molecule has 0 unspecified atom stereocenters. The number of thioether (sulfide) groups is 1. The zero-order valence-electron chi connectivity index (χ0n) is 11.2. The molecule has 0 saturated carbocycles. The second-order valence-corrected chi connectivity index (χ2v) is 4.96. The first-order valence-electron chi connectivity index (χ1n) is 6.12. The van der Waals surface area contributed by atoms with Crippen LogP contribution >= 0.6 is 11.8 Å². The zero-order chi connectivity index (χ0) is 16.0. The third-order valence-electron chi connectivity index (χ3n) is 2.33. The van der Waals surface area contributed by atoms with E-state index in [1.165, 1.54) is 10.9 Å². The lowest BCUT2D eigenvalue weighted by atomic mass is 10.4. The molecule has 0 aliphatic heterocycles. The van der Waals surface area contributed by atoms with E-state index in [1.54, 1.807) is 24.5 Å². The molecule has 22 heavy (non-hydrogen) atoms. The lowest BCUT2D eigenvalue weighted by Gasteiger charge is -2.07. The highest BCUT2D eigenvalue weighted by Crippen LogP contribution is 2.19. The molecule has 0 atom stereocenters. The molecule has 118 valence electrons. The molecule has 0 saturated heterocycles. The van der Waals surface area contributed by atoms with Gasteiger partial charge in [0.1, 0.15) is 0 Å². The molecule has 0 aromatic carbocycles. The summed E-state index contributed by atoms with van der Waals surface area (Å²) in [4.78, 5) is 19.5. The summed E-state index contributed by atoms with van der Waals surface area (Å²) in [5.74, 6) is -0.393. The minimum Gasteiger partial charge on any atom is -0.465 e. The van der Waals surface area contributed by atoms with Crippen molar-refractivity contribution in [2.24, 2.45) is 0 Å². The largest absolute Gasteiger partial charge is 0.465 e. The number of halogens is 3. The van der Waals surface area contributed by atoms with Crippen LogP contribution in [0, 0.1) is 0 Å². The van der Waals surface area contributed by atoms with Crippen LogP contribution < -0.4 is 0 Å². The Bertz CT molecular complexity index is 619. The van der Waals surface area contributed by atoms with Crippen molar-refractivity contribution in [3.63, 3.8) is 0 Å². The van der Waals surface area contributed by atoms with Gasteiger partial charge in [0.15, 0.2) is 11.0 Å². The summed E-state index contributed by atoms with van der Waals surface area (Å²) in [5.41, 5.74) is 0. The first-order chi connectivity index (χ1) is 10.4. The van der Waals surface area contributed by atoms with Gasteiger partial charge in [-0.1, -0.05) is 11.8 Å². The number of aromatic nitrogens is 4. The monoisotopic (exact) mass is 332 g/mol. The van der Waals surface area contributed by atoms with Gasteiger partial charge in [-0.05, 0) is 6.07 Å². The molecule has 0 amide bonds. The highest BCUT2D eigenvalue weighted by atomic mass is 32.2. The van der Waals surface area contributed by atoms with Crippen LogP contribution in [0.4, 0.5) is 13.2 Å². The van der Waals surface area contributed by atoms with Crippen LogP contribution in [0.1, 0.15) is 6.42 Å². The van der Waals surface area contributed by atoms with Crippen LogP contribution in [-0.4, -0.2) is 44.3 Å². The Morgan fingerprint density at radius 3 is 2.86 bits per heavy atom. The molecule has 2 aromatic heterocycles. The summed E-state index contributed by atoms with van der Waals surface area (Å²) in [6.07, 6.45) is -0.709. The van der Waals surface area contributed by atoms with Crippen molar-refractivity contribution in [3.8, 4) is 5.82 Å². The predicted octanol–water partition coefficient (Wildman–Crippen LogP) is 2.25. The fourth-order valence-electron chi connectivity index (χ4n) is 1.38. The molecule has 2 aromatic rings. The van der Waals surface area contributed by atoms with E-state index >= 15 is 0 Å². The van der Waals surface area contributed by atoms with Gasteiger partial charge >= 0.3 is 12.1 Å². The number of hydrogen-bond donors (Lipinski definition) is 0. The lowest BCUT2D eigenvalue weighted by Crippen LogP contribution is -2.15. The molecule has 0 bridgehead atoms. The number of nitrogens with zero attached hydrogens (tertiary/aromatic N) is 4. The van der Waals surface area contributed by atoms with Crippen LogP contribution in [0.25, 0.3) is 5.82 Å². The summed E-state index contributed by atoms with van der Waals surface area (Å²) in [6, 6.07) is 3.37. The second kappa shape index (κ2) is 7.25. The molecule has 6 nitrogen and oxygen atoms in total. The van der Waals surface area contributed by atoms with E-state index in [1.807, 2.05) is 0 Å². The van der Waals surface area contributed by atoms with Gasteiger partial charge < -0.3 is 4.74 Å². The summed E-state index contributed by atoms with van der Waals surface area (Å²) >= 11 is 0.979. The van der Waals surface area contributed by atoms with Gasteiger partial charge in [-0.25, -0.2) is 14.6 Å². The van der Waals surface area contributed by atoms with Gasteiger partial charge in [0.25, 0.3) is 0 Å². The normalized spacial score (nSPS) is 11.4. The van der Waals surface area contributed by atoms with E-state index in [0.29, 0.717) is 11.0 Å². The average molecular weight is 332 g/mol. The van der Waals surface area contributed by atoms with E-state index in [0.717, 1.165) is 11.8 Å². The summed E-state index contributed by atoms with van der Waals surface area (Å²) in [6.45, 7) is -0.683. The van der Waals surface area contributed by atoms with E-state index in [9.17, 15) is 18.0 Å². The number of esters is 1. The fraction of sp³-hybridized carbons (Fsp3) is 0.333. The van der Waals surface area contributed by atoms with Crippen molar-refractivity contribution in [1.82, 2.24) is 19.7 Å². The molecule has 0 aliphatic carbocycles. The first-order valence-corrected chi connectivity index (χ1v) is 7.11. The topological polar surface area (TPSA) is 69.9 Å². The summed E-state index contributed by atoms with van der Waals surface area (Å²) in [5, 5.41) is 4.31. The summed E-state index contributed by atoms with van der Waals surface area (Å²) in [7, 11) is 0. The molecule has 0 spiro atoms. The molecule has 0 fully saturated rings. The fourth-order valence-corrected chi connectivity index (χ4v) is 2.00. The van der Waals surface area contributed by atoms with Gasteiger partial charge in [0, 0.05) is 24.7 Å². The maximum atomic E-state index is 11.9. The third kappa shape index (κ3) is 5.35. The number of hydrogen-bond acceptors (Lipinski definition) is 6.